The van der Waals surface area contributed by atoms with E-state index in [0.29, 0.717) is 12.6 Å². The van der Waals surface area contributed by atoms with Crippen LogP contribution in [0, 0.1) is 0 Å². The van der Waals surface area contributed by atoms with Crippen molar-refractivity contribution < 1.29 is 8.42 Å². The van der Waals surface area contributed by atoms with Crippen LogP contribution < -0.4 is 0 Å². The van der Waals surface area contributed by atoms with Crippen LogP contribution in [-0.4, -0.2) is 72.0 Å². The topological polar surface area (TPSA) is 58.4 Å². The Kier molecular flexibility index (Phi) is 4.82. The van der Waals surface area contributed by atoms with Crippen LogP contribution in [0.15, 0.2) is 12.4 Å². The van der Waals surface area contributed by atoms with Gasteiger partial charge in [0.05, 0.1) is 12.3 Å². The Bertz CT molecular complexity index is 540. The fourth-order valence-corrected chi connectivity index (χ4v) is 3.12. The summed E-state index contributed by atoms with van der Waals surface area (Å²) in [5.41, 5.74) is 0. The first-order chi connectivity index (χ1) is 9.35. The smallest absolute Gasteiger partial charge is 0.148 e. The minimum Gasteiger partial charge on any atom is -0.337 e. The highest BCUT2D eigenvalue weighted by atomic mass is 32.2. The van der Waals surface area contributed by atoms with Crippen molar-refractivity contribution in [2.24, 2.45) is 7.05 Å². The number of aryl methyl sites for hydroxylation is 1. The van der Waals surface area contributed by atoms with E-state index >= 15 is 0 Å². The van der Waals surface area contributed by atoms with E-state index in [1.807, 2.05) is 24.0 Å². The summed E-state index contributed by atoms with van der Waals surface area (Å²) in [6, 6.07) is 0.417. The Morgan fingerprint density at radius 2 is 2.15 bits per heavy atom. The molecular formula is C13H24N4O2S. The molecule has 0 N–H and O–H groups in total. The van der Waals surface area contributed by atoms with Gasteiger partial charge < -0.3 is 4.57 Å². The van der Waals surface area contributed by atoms with Crippen LogP contribution in [0.2, 0.25) is 0 Å². The van der Waals surface area contributed by atoms with Gasteiger partial charge in [0.2, 0.25) is 0 Å². The van der Waals surface area contributed by atoms with Crippen LogP contribution in [0.4, 0.5) is 0 Å². The van der Waals surface area contributed by atoms with E-state index in [0.717, 1.165) is 32.0 Å². The highest BCUT2D eigenvalue weighted by Gasteiger charge is 2.24. The van der Waals surface area contributed by atoms with Gasteiger partial charge in [-0.05, 0) is 6.92 Å². The first kappa shape index (κ1) is 15.5. The van der Waals surface area contributed by atoms with Crippen molar-refractivity contribution in [1.82, 2.24) is 19.4 Å². The number of imidazole rings is 1. The Hall–Kier alpha value is -0.920. The molecule has 0 amide bonds. The van der Waals surface area contributed by atoms with Gasteiger partial charge in [-0.1, -0.05) is 0 Å². The highest BCUT2D eigenvalue weighted by molar-refractivity contribution is 7.90. The molecule has 1 aliphatic heterocycles. The zero-order valence-electron chi connectivity index (χ0n) is 12.5. The second kappa shape index (κ2) is 6.24. The molecule has 1 atom stereocenters. The predicted molar refractivity (Wildman–Crippen MR) is 79.2 cm³/mol. The van der Waals surface area contributed by atoms with Crippen molar-refractivity contribution >= 4 is 9.84 Å². The van der Waals surface area contributed by atoms with Crippen molar-refractivity contribution in [3.63, 3.8) is 0 Å². The molecule has 0 aliphatic carbocycles. The molecule has 1 aromatic rings. The number of hydrogen-bond donors (Lipinski definition) is 0. The van der Waals surface area contributed by atoms with E-state index in [1.165, 1.54) is 6.26 Å². The van der Waals surface area contributed by atoms with Crippen LogP contribution in [0.5, 0.6) is 0 Å². The average molecular weight is 300 g/mol. The van der Waals surface area contributed by atoms with Gasteiger partial charge in [-0.2, -0.15) is 0 Å². The maximum absolute atomic E-state index is 11.2. The fraction of sp³-hybridized carbons (Fsp3) is 0.769. The zero-order valence-corrected chi connectivity index (χ0v) is 13.3. The summed E-state index contributed by atoms with van der Waals surface area (Å²) in [5, 5.41) is 0. The average Bonchev–Trinajstić information content (AvgIpc) is 2.75. The molecule has 2 heterocycles. The van der Waals surface area contributed by atoms with Gasteiger partial charge in [0.15, 0.2) is 0 Å². The van der Waals surface area contributed by atoms with Crippen LogP contribution in [0.25, 0.3) is 0 Å². The lowest BCUT2D eigenvalue weighted by Crippen LogP contribution is -2.52. The van der Waals surface area contributed by atoms with Crippen LogP contribution in [0.3, 0.4) is 0 Å². The van der Waals surface area contributed by atoms with Crippen molar-refractivity contribution in [2.45, 2.75) is 19.5 Å². The SMILES string of the molecule is C[C@@H]1CN(CCS(C)(=O)=O)CCN1Cc1nccn1C. The highest BCUT2D eigenvalue weighted by Crippen LogP contribution is 2.12. The van der Waals surface area contributed by atoms with E-state index in [2.05, 4.69) is 21.7 Å². The van der Waals surface area contributed by atoms with Gasteiger partial charge >= 0.3 is 0 Å². The van der Waals surface area contributed by atoms with E-state index in [1.54, 1.807) is 0 Å². The summed E-state index contributed by atoms with van der Waals surface area (Å²) in [5.74, 6) is 1.32. The Morgan fingerprint density at radius 3 is 2.70 bits per heavy atom. The lowest BCUT2D eigenvalue weighted by Gasteiger charge is -2.39. The Balaban J connectivity index is 1.85. The molecule has 0 aromatic carbocycles. The van der Waals surface area contributed by atoms with Gasteiger partial charge in [0.25, 0.3) is 0 Å². The van der Waals surface area contributed by atoms with Gasteiger partial charge in [-0.25, -0.2) is 13.4 Å². The molecule has 1 saturated heterocycles. The summed E-state index contributed by atoms with van der Waals surface area (Å²) in [6.45, 7) is 6.47. The largest absolute Gasteiger partial charge is 0.337 e. The minimum atomic E-state index is -2.87. The molecule has 1 aromatic heterocycles. The Labute approximate surface area is 121 Å². The van der Waals surface area contributed by atoms with Crippen LogP contribution >= 0.6 is 0 Å². The number of piperazine rings is 1. The van der Waals surface area contributed by atoms with Crippen molar-refractivity contribution in [2.75, 3.05) is 38.2 Å². The first-order valence-corrected chi connectivity index (χ1v) is 9.01. The van der Waals surface area contributed by atoms with E-state index < -0.39 is 9.84 Å². The molecule has 6 nitrogen and oxygen atoms in total. The molecule has 0 unspecified atom stereocenters. The zero-order chi connectivity index (χ0) is 14.8. The third-order valence-electron chi connectivity index (χ3n) is 3.89. The molecule has 0 radical (unpaired) electrons. The van der Waals surface area contributed by atoms with Gasteiger partial charge in [0.1, 0.15) is 15.7 Å². The molecule has 20 heavy (non-hydrogen) atoms. The number of sulfone groups is 1. The normalized spacial score (nSPS) is 22.2. The standard InChI is InChI=1S/C13H24N4O2S/c1-12-10-16(8-9-20(3,18)19)6-7-17(12)11-13-14-4-5-15(13)2/h4-5,12H,6-11H2,1-3H3/t12-/m1/s1. The molecule has 1 fully saturated rings. The van der Waals surface area contributed by atoms with Gasteiger partial charge in [-0.15, -0.1) is 0 Å². The molecule has 1 aliphatic rings. The lowest BCUT2D eigenvalue weighted by atomic mass is 10.2. The summed E-state index contributed by atoms with van der Waals surface area (Å²) in [4.78, 5) is 9.00. The second-order valence-corrected chi connectivity index (χ2v) is 7.96. The quantitative estimate of drug-likeness (QED) is 0.764. The molecular weight excluding hydrogens is 276 g/mol. The number of nitrogens with zero attached hydrogens (tertiary/aromatic N) is 4. The monoisotopic (exact) mass is 300 g/mol. The number of rotatable bonds is 5. The molecule has 2 rings (SSSR count). The minimum absolute atomic E-state index is 0.249. The maximum atomic E-state index is 11.2. The third-order valence-corrected chi connectivity index (χ3v) is 4.82. The molecule has 0 bridgehead atoms. The first-order valence-electron chi connectivity index (χ1n) is 6.95. The lowest BCUT2D eigenvalue weighted by molar-refractivity contribution is 0.0788. The molecule has 0 spiro atoms. The number of aromatic nitrogens is 2. The van der Waals surface area contributed by atoms with Gasteiger partial charge in [0, 0.05) is 57.9 Å². The Morgan fingerprint density at radius 1 is 1.40 bits per heavy atom. The summed E-state index contributed by atoms with van der Waals surface area (Å²) >= 11 is 0. The van der Waals surface area contributed by atoms with E-state index in [4.69, 9.17) is 0 Å². The fourth-order valence-electron chi connectivity index (χ4n) is 2.53. The molecule has 114 valence electrons. The van der Waals surface area contributed by atoms with E-state index in [9.17, 15) is 8.42 Å². The summed E-state index contributed by atoms with van der Waals surface area (Å²) in [6.07, 6.45) is 5.08. The summed E-state index contributed by atoms with van der Waals surface area (Å²) in [7, 11) is -0.860. The van der Waals surface area contributed by atoms with E-state index in [-0.39, 0.29) is 5.75 Å². The third kappa shape index (κ3) is 4.29. The molecule has 7 heteroatoms. The van der Waals surface area contributed by atoms with Crippen LogP contribution in [0.1, 0.15) is 12.7 Å². The number of hydrogen-bond acceptors (Lipinski definition) is 5. The predicted octanol–water partition coefficient (Wildman–Crippen LogP) is -0.0292. The molecule has 0 saturated carbocycles. The van der Waals surface area contributed by atoms with Crippen molar-refractivity contribution in [3.8, 4) is 0 Å². The van der Waals surface area contributed by atoms with Crippen LogP contribution in [-0.2, 0) is 23.4 Å². The maximum Gasteiger partial charge on any atom is 0.148 e. The van der Waals surface area contributed by atoms with Gasteiger partial charge in [-0.3, -0.25) is 9.80 Å². The van der Waals surface area contributed by atoms with Crippen molar-refractivity contribution in [1.29, 1.82) is 0 Å². The summed E-state index contributed by atoms with van der Waals surface area (Å²) < 4.78 is 24.5. The second-order valence-electron chi connectivity index (χ2n) is 5.70. The van der Waals surface area contributed by atoms with Crippen molar-refractivity contribution in [3.05, 3.63) is 18.2 Å².